The van der Waals surface area contributed by atoms with E-state index in [0.29, 0.717) is 5.90 Å². The molecule has 0 aliphatic carbocycles. The fraction of sp³-hybridized carbons (Fsp3) is 0.125. The summed E-state index contributed by atoms with van der Waals surface area (Å²) in [5, 5.41) is 0. The predicted molar refractivity (Wildman–Crippen MR) is 111 cm³/mol. The zero-order valence-electron chi connectivity index (χ0n) is 15.8. The van der Waals surface area contributed by atoms with Crippen LogP contribution in [-0.4, -0.2) is 5.90 Å². The highest BCUT2D eigenvalue weighted by Crippen LogP contribution is 2.19. The van der Waals surface area contributed by atoms with Gasteiger partial charge in [-0.05, 0) is 57.2 Å². The van der Waals surface area contributed by atoms with Crippen molar-refractivity contribution in [3.63, 3.8) is 0 Å². The number of para-hydroxylation sites is 1. The summed E-state index contributed by atoms with van der Waals surface area (Å²) in [5.74, 6) is 2.00. The van der Waals surface area contributed by atoms with E-state index in [1.807, 2.05) is 92.7 Å². The molecule has 0 aliphatic heterocycles. The molecule has 0 fully saturated rings. The lowest BCUT2D eigenvalue weighted by molar-refractivity contribution is 0.473. The van der Waals surface area contributed by atoms with E-state index in [4.69, 9.17) is 9.47 Å². The lowest BCUT2D eigenvalue weighted by Gasteiger charge is -2.10. The van der Waals surface area contributed by atoms with Gasteiger partial charge in [0.1, 0.15) is 11.5 Å². The van der Waals surface area contributed by atoms with Crippen LogP contribution in [-0.2, 0) is 0 Å². The molecule has 0 aromatic heterocycles. The molecule has 0 radical (unpaired) electrons. The first-order valence-corrected chi connectivity index (χ1v) is 8.89. The van der Waals surface area contributed by atoms with Crippen LogP contribution in [0.15, 0.2) is 95.7 Å². The summed E-state index contributed by atoms with van der Waals surface area (Å²) in [5.41, 5.74) is 4.00. The van der Waals surface area contributed by atoms with E-state index in [2.05, 4.69) is 11.9 Å². The molecule has 3 nitrogen and oxygen atoms in total. The van der Waals surface area contributed by atoms with Crippen LogP contribution in [0.25, 0.3) is 0 Å². The van der Waals surface area contributed by atoms with Crippen LogP contribution in [0.4, 0.5) is 5.69 Å². The van der Waals surface area contributed by atoms with Gasteiger partial charge in [-0.25, -0.2) is 4.99 Å². The maximum absolute atomic E-state index is 6.02. The average Bonchev–Trinajstić information content (AvgIpc) is 2.69. The van der Waals surface area contributed by atoms with E-state index < -0.39 is 0 Å². The quantitative estimate of drug-likeness (QED) is 0.301. The summed E-state index contributed by atoms with van der Waals surface area (Å²) in [6.45, 7) is 6.02. The summed E-state index contributed by atoms with van der Waals surface area (Å²) in [4.78, 5) is 4.67. The van der Waals surface area contributed by atoms with Crippen LogP contribution in [0, 0.1) is 13.8 Å². The SMILES string of the molecule is CC(=C\Oc1ccc(C)cc1)/C(=N/c1ccc(C)cc1)Oc1ccccc1. The van der Waals surface area contributed by atoms with Crippen molar-refractivity contribution in [2.24, 2.45) is 4.99 Å². The van der Waals surface area contributed by atoms with Crippen molar-refractivity contribution in [1.29, 1.82) is 0 Å². The Morgan fingerprint density at radius 3 is 1.96 bits per heavy atom. The van der Waals surface area contributed by atoms with Crippen molar-refractivity contribution < 1.29 is 9.47 Å². The molecule has 0 saturated carbocycles. The standard InChI is InChI=1S/C24H23NO2/c1-18-9-13-21(14-10-18)25-24(27-23-7-5-4-6-8-23)20(3)17-26-22-15-11-19(2)12-16-22/h4-17H,1-3H3/b20-17+,25-24-. The number of aryl methyl sites for hydroxylation is 2. The van der Waals surface area contributed by atoms with E-state index in [0.717, 1.165) is 22.8 Å². The summed E-state index contributed by atoms with van der Waals surface area (Å²) < 4.78 is 11.8. The fourth-order valence-corrected chi connectivity index (χ4v) is 2.35. The highest BCUT2D eigenvalue weighted by atomic mass is 16.5. The minimum absolute atomic E-state index is 0.497. The highest BCUT2D eigenvalue weighted by Gasteiger charge is 2.08. The first kappa shape index (κ1) is 18.5. The van der Waals surface area contributed by atoms with Gasteiger partial charge in [-0.15, -0.1) is 0 Å². The van der Waals surface area contributed by atoms with Gasteiger partial charge < -0.3 is 9.47 Å². The monoisotopic (exact) mass is 357 g/mol. The smallest absolute Gasteiger partial charge is 0.225 e. The molecule has 0 N–H and O–H groups in total. The zero-order valence-corrected chi connectivity index (χ0v) is 15.8. The van der Waals surface area contributed by atoms with Crippen molar-refractivity contribution >= 4 is 11.6 Å². The Bertz CT molecular complexity index is 924. The number of ether oxygens (including phenoxy) is 2. The van der Waals surface area contributed by atoms with E-state index >= 15 is 0 Å². The number of hydrogen-bond donors (Lipinski definition) is 0. The second-order valence-electron chi connectivity index (χ2n) is 6.40. The summed E-state index contributed by atoms with van der Waals surface area (Å²) in [7, 11) is 0. The second kappa shape index (κ2) is 8.86. The van der Waals surface area contributed by atoms with Crippen LogP contribution in [0.1, 0.15) is 18.1 Å². The lowest BCUT2D eigenvalue weighted by atomic mass is 10.2. The average molecular weight is 357 g/mol. The summed E-state index contributed by atoms with van der Waals surface area (Å²) in [6.07, 6.45) is 1.67. The molecule has 0 unspecified atom stereocenters. The van der Waals surface area contributed by atoms with Gasteiger partial charge in [0.15, 0.2) is 0 Å². The molecule has 0 spiro atoms. The maximum atomic E-state index is 6.02. The molecule has 136 valence electrons. The molecule has 0 amide bonds. The first-order chi connectivity index (χ1) is 13.1. The lowest BCUT2D eigenvalue weighted by Crippen LogP contribution is -2.10. The topological polar surface area (TPSA) is 30.8 Å². The number of aliphatic imine (C=N–C) groups is 1. The summed E-state index contributed by atoms with van der Waals surface area (Å²) >= 11 is 0. The highest BCUT2D eigenvalue weighted by molar-refractivity contribution is 5.96. The number of benzene rings is 3. The summed E-state index contributed by atoms with van der Waals surface area (Å²) in [6, 6.07) is 25.5. The minimum Gasteiger partial charge on any atom is -0.465 e. The largest absolute Gasteiger partial charge is 0.465 e. The molecule has 3 aromatic carbocycles. The van der Waals surface area contributed by atoms with Crippen LogP contribution < -0.4 is 9.47 Å². The third-order valence-electron chi connectivity index (χ3n) is 3.95. The minimum atomic E-state index is 0.497. The molecule has 0 heterocycles. The molecule has 3 rings (SSSR count). The van der Waals surface area contributed by atoms with Gasteiger partial charge in [-0.3, -0.25) is 0 Å². The van der Waals surface area contributed by atoms with E-state index in [9.17, 15) is 0 Å². The van der Waals surface area contributed by atoms with Crippen molar-refractivity contribution in [1.82, 2.24) is 0 Å². The van der Waals surface area contributed by atoms with Crippen molar-refractivity contribution in [2.45, 2.75) is 20.8 Å². The third-order valence-corrected chi connectivity index (χ3v) is 3.95. The molecule has 27 heavy (non-hydrogen) atoms. The van der Waals surface area contributed by atoms with E-state index in [1.165, 1.54) is 11.1 Å². The van der Waals surface area contributed by atoms with Gasteiger partial charge in [0.2, 0.25) is 5.90 Å². The van der Waals surface area contributed by atoms with Crippen LogP contribution >= 0.6 is 0 Å². The molecular weight excluding hydrogens is 334 g/mol. The molecule has 3 aromatic rings. The first-order valence-electron chi connectivity index (χ1n) is 8.89. The Morgan fingerprint density at radius 2 is 1.33 bits per heavy atom. The van der Waals surface area contributed by atoms with Gasteiger partial charge in [0.05, 0.1) is 11.9 Å². The van der Waals surface area contributed by atoms with Crippen LogP contribution in [0.3, 0.4) is 0 Å². The van der Waals surface area contributed by atoms with Gasteiger partial charge in [0.25, 0.3) is 0 Å². The molecule has 0 atom stereocenters. The second-order valence-corrected chi connectivity index (χ2v) is 6.40. The Kier molecular flexibility index (Phi) is 6.06. The normalized spacial score (nSPS) is 12.0. The Labute approximate surface area is 160 Å². The number of hydrogen-bond acceptors (Lipinski definition) is 3. The molecular formula is C24H23NO2. The molecule has 0 bridgehead atoms. The number of rotatable bonds is 5. The Morgan fingerprint density at radius 1 is 0.741 bits per heavy atom. The van der Waals surface area contributed by atoms with Crippen molar-refractivity contribution in [2.75, 3.05) is 0 Å². The Hall–Kier alpha value is -3.33. The van der Waals surface area contributed by atoms with Gasteiger partial charge in [-0.2, -0.15) is 0 Å². The van der Waals surface area contributed by atoms with Crippen molar-refractivity contribution in [3.05, 3.63) is 102 Å². The van der Waals surface area contributed by atoms with Crippen LogP contribution in [0.2, 0.25) is 0 Å². The molecule has 0 saturated heterocycles. The van der Waals surface area contributed by atoms with Crippen molar-refractivity contribution in [3.8, 4) is 11.5 Å². The zero-order chi connectivity index (χ0) is 19.1. The predicted octanol–water partition coefficient (Wildman–Crippen LogP) is 6.40. The maximum Gasteiger partial charge on any atom is 0.225 e. The Balaban J connectivity index is 1.86. The third kappa shape index (κ3) is 5.58. The van der Waals surface area contributed by atoms with E-state index in [-0.39, 0.29) is 0 Å². The number of nitrogens with zero attached hydrogens (tertiary/aromatic N) is 1. The van der Waals surface area contributed by atoms with Gasteiger partial charge in [-0.1, -0.05) is 53.6 Å². The fourth-order valence-electron chi connectivity index (χ4n) is 2.35. The van der Waals surface area contributed by atoms with E-state index in [1.54, 1.807) is 6.26 Å². The van der Waals surface area contributed by atoms with Gasteiger partial charge >= 0.3 is 0 Å². The molecule has 3 heteroatoms. The van der Waals surface area contributed by atoms with Crippen LogP contribution in [0.5, 0.6) is 11.5 Å². The van der Waals surface area contributed by atoms with Gasteiger partial charge in [0, 0.05) is 5.57 Å². The molecule has 0 aliphatic rings.